The number of hydrogen-bond acceptors (Lipinski definition) is 1. The van der Waals surface area contributed by atoms with E-state index in [1.54, 1.807) is 0 Å². The fourth-order valence-electron chi connectivity index (χ4n) is 3.88. The molecule has 1 aliphatic carbocycles. The predicted octanol–water partition coefficient (Wildman–Crippen LogP) is 5.04. The molecule has 1 fully saturated rings. The van der Waals surface area contributed by atoms with Crippen molar-refractivity contribution >= 4 is 15.9 Å². The van der Waals surface area contributed by atoms with Crippen LogP contribution in [0.1, 0.15) is 45.6 Å². The number of hydrogen-bond donors (Lipinski definition) is 1. The van der Waals surface area contributed by atoms with Gasteiger partial charge in [0.2, 0.25) is 0 Å². The Hall–Kier alpha value is -0.340. The second-order valence-electron chi connectivity index (χ2n) is 6.67. The lowest BCUT2D eigenvalue weighted by Crippen LogP contribution is -2.41. The van der Waals surface area contributed by atoms with Gasteiger partial charge in [-0.1, -0.05) is 48.8 Å². The van der Waals surface area contributed by atoms with Crippen molar-refractivity contribution in [3.63, 3.8) is 0 Å². The van der Waals surface area contributed by atoms with Crippen molar-refractivity contribution in [3.8, 4) is 0 Å². The minimum absolute atomic E-state index is 0.631. The van der Waals surface area contributed by atoms with E-state index in [0.717, 1.165) is 30.7 Å². The molecular weight excluding hydrogens is 310 g/mol. The largest absolute Gasteiger partial charge is 0.314 e. The van der Waals surface area contributed by atoms with Gasteiger partial charge in [-0.15, -0.1) is 0 Å². The molecule has 1 aromatic rings. The molecule has 112 valence electrons. The molecule has 3 atom stereocenters. The summed E-state index contributed by atoms with van der Waals surface area (Å²) in [4.78, 5) is 0. The highest BCUT2D eigenvalue weighted by atomic mass is 79.9. The first-order valence-electron chi connectivity index (χ1n) is 8.06. The second-order valence-corrected chi connectivity index (χ2v) is 7.59. The van der Waals surface area contributed by atoms with Crippen LogP contribution in [0, 0.1) is 17.8 Å². The minimum atomic E-state index is 0.631. The first kappa shape index (κ1) is 16.0. The molecular formula is C18H28BrN. The molecule has 1 saturated carbocycles. The van der Waals surface area contributed by atoms with Crippen LogP contribution in [0.5, 0.6) is 0 Å². The van der Waals surface area contributed by atoms with Crippen LogP contribution in [-0.2, 0) is 6.42 Å². The lowest BCUT2D eigenvalue weighted by atomic mass is 9.72. The van der Waals surface area contributed by atoms with Gasteiger partial charge < -0.3 is 5.32 Å². The van der Waals surface area contributed by atoms with E-state index in [0.29, 0.717) is 6.04 Å². The van der Waals surface area contributed by atoms with Gasteiger partial charge >= 0.3 is 0 Å². The van der Waals surface area contributed by atoms with Crippen LogP contribution in [0.4, 0.5) is 0 Å². The van der Waals surface area contributed by atoms with Gasteiger partial charge in [0.15, 0.2) is 0 Å². The Kier molecular flexibility index (Phi) is 6.10. The fraction of sp³-hybridized carbons (Fsp3) is 0.667. The molecule has 2 heteroatoms. The Bertz CT molecular complexity index is 390. The maximum absolute atomic E-state index is 3.74. The quantitative estimate of drug-likeness (QED) is 0.793. The first-order valence-corrected chi connectivity index (χ1v) is 8.85. The molecule has 2 rings (SSSR count). The van der Waals surface area contributed by atoms with Crippen LogP contribution in [0.2, 0.25) is 0 Å². The summed E-state index contributed by atoms with van der Waals surface area (Å²) in [6, 6.07) is 9.45. The van der Waals surface area contributed by atoms with Gasteiger partial charge in [0.1, 0.15) is 0 Å². The van der Waals surface area contributed by atoms with Gasteiger partial charge in [-0.05, 0) is 67.7 Å². The molecule has 0 radical (unpaired) electrons. The van der Waals surface area contributed by atoms with Crippen molar-refractivity contribution in [2.75, 3.05) is 6.54 Å². The molecule has 1 aliphatic rings. The maximum atomic E-state index is 3.74. The molecule has 0 heterocycles. The molecule has 20 heavy (non-hydrogen) atoms. The molecule has 0 aromatic heterocycles. The number of rotatable bonds is 5. The van der Waals surface area contributed by atoms with Gasteiger partial charge in [0, 0.05) is 10.5 Å². The third kappa shape index (κ3) is 4.60. The Balaban J connectivity index is 2.04. The molecule has 3 unspecified atom stereocenters. The standard InChI is InChI=1S/C18H28BrN/c1-4-20-18(12-15-5-7-17(19)8-6-15)16-10-13(2)9-14(3)11-16/h5-8,13-14,16,18,20H,4,9-12H2,1-3H3. The summed E-state index contributed by atoms with van der Waals surface area (Å²) in [6.07, 6.45) is 5.34. The summed E-state index contributed by atoms with van der Waals surface area (Å²) in [7, 11) is 0. The van der Waals surface area contributed by atoms with Crippen LogP contribution in [0.15, 0.2) is 28.7 Å². The van der Waals surface area contributed by atoms with E-state index in [1.165, 1.54) is 29.3 Å². The highest BCUT2D eigenvalue weighted by Crippen LogP contribution is 2.35. The smallest absolute Gasteiger partial charge is 0.0175 e. The van der Waals surface area contributed by atoms with Crippen LogP contribution in [0.3, 0.4) is 0 Å². The minimum Gasteiger partial charge on any atom is -0.314 e. The summed E-state index contributed by atoms with van der Waals surface area (Å²) in [5.74, 6) is 2.60. The Morgan fingerprint density at radius 2 is 1.70 bits per heavy atom. The number of benzene rings is 1. The van der Waals surface area contributed by atoms with E-state index in [9.17, 15) is 0 Å². The third-order valence-electron chi connectivity index (χ3n) is 4.62. The SMILES string of the molecule is CCNC(Cc1ccc(Br)cc1)C1CC(C)CC(C)C1. The fourth-order valence-corrected chi connectivity index (χ4v) is 4.14. The lowest BCUT2D eigenvalue weighted by molar-refractivity contribution is 0.176. The summed E-state index contributed by atoms with van der Waals surface area (Å²) in [5, 5.41) is 3.74. The van der Waals surface area contributed by atoms with Crippen molar-refractivity contribution in [1.82, 2.24) is 5.32 Å². The summed E-state index contributed by atoms with van der Waals surface area (Å²) in [5.41, 5.74) is 1.45. The van der Waals surface area contributed by atoms with Crippen LogP contribution >= 0.6 is 15.9 Å². The molecule has 0 saturated heterocycles. The van der Waals surface area contributed by atoms with Crippen LogP contribution < -0.4 is 5.32 Å². The number of likely N-dealkylation sites (N-methyl/N-ethyl adjacent to an activating group) is 1. The average Bonchev–Trinajstić information content (AvgIpc) is 2.39. The zero-order chi connectivity index (χ0) is 14.5. The van der Waals surface area contributed by atoms with E-state index in [4.69, 9.17) is 0 Å². The molecule has 0 amide bonds. The Labute approximate surface area is 132 Å². The highest BCUT2D eigenvalue weighted by Gasteiger charge is 2.29. The Morgan fingerprint density at radius 1 is 1.10 bits per heavy atom. The van der Waals surface area contributed by atoms with Crippen molar-refractivity contribution in [1.29, 1.82) is 0 Å². The molecule has 0 bridgehead atoms. The highest BCUT2D eigenvalue weighted by molar-refractivity contribution is 9.10. The molecule has 0 aliphatic heterocycles. The van der Waals surface area contributed by atoms with Gasteiger partial charge in [-0.2, -0.15) is 0 Å². The second kappa shape index (κ2) is 7.61. The lowest BCUT2D eigenvalue weighted by Gasteiger charge is -2.37. The summed E-state index contributed by atoms with van der Waals surface area (Å²) < 4.78 is 1.17. The third-order valence-corrected chi connectivity index (χ3v) is 5.15. The summed E-state index contributed by atoms with van der Waals surface area (Å²) >= 11 is 3.52. The van der Waals surface area contributed by atoms with Crippen molar-refractivity contribution in [2.24, 2.45) is 17.8 Å². The van der Waals surface area contributed by atoms with E-state index >= 15 is 0 Å². The Morgan fingerprint density at radius 3 is 2.25 bits per heavy atom. The van der Waals surface area contributed by atoms with E-state index in [1.807, 2.05) is 0 Å². The predicted molar refractivity (Wildman–Crippen MR) is 91.0 cm³/mol. The molecule has 0 spiro atoms. The van der Waals surface area contributed by atoms with E-state index < -0.39 is 0 Å². The average molecular weight is 338 g/mol. The van der Waals surface area contributed by atoms with E-state index in [-0.39, 0.29) is 0 Å². The van der Waals surface area contributed by atoms with Crippen LogP contribution in [0.25, 0.3) is 0 Å². The molecule has 1 N–H and O–H groups in total. The molecule has 1 nitrogen and oxygen atoms in total. The van der Waals surface area contributed by atoms with Gasteiger partial charge in [0.25, 0.3) is 0 Å². The number of halogens is 1. The maximum Gasteiger partial charge on any atom is 0.0175 e. The number of nitrogens with one attached hydrogen (secondary N) is 1. The molecule has 1 aromatic carbocycles. The normalized spacial score (nSPS) is 28.3. The monoisotopic (exact) mass is 337 g/mol. The topological polar surface area (TPSA) is 12.0 Å². The summed E-state index contributed by atoms with van der Waals surface area (Å²) in [6.45, 7) is 8.14. The van der Waals surface area contributed by atoms with Crippen molar-refractivity contribution in [2.45, 2.75) is 52.5 Å². The first-order chi connectivity index (χ1) is 9.58. The zero-order valence-corrected chi connectivity index (χ0v) is 14.6. The van der Waals surface area contributed by atoms with Crippen molar-refractivity contribution in [3.05, 3.63) is 34.3 Å². The zero-order valence-electron chi connectivity index (χ0n) is 13.0. The van der Waals surface area contributed by atoms with Crippen LogP contribution in [-0.4, -0.2) is 12.6 Å². The van der Waals surface area contributed by atoms with Gasteiger partial charge in [0.05, 0.1) is 0 Å². The van der Waals surface area contributed by atoms with Crippen molar-refractivity contribution < 1.29 is 0 Å². The van der Waals surface area contributed by atoms with Gasteiger partial charge in [-0.3, -0.25) is 0 Å². The van der Waals surface area contributed by atoms with Gasteiger partial charge in [-0.25, -0.2) is 0 Å². The van der Waals surface area contributed by atoms with E-state index in [2.05, 4.69) is 66.3 Å².